The highest BCUT2D eigenvalue weighted by Gasteiger charge is 2.17. The average Bonchev–Trinajstić information content (AvgIpc) is 2.33. The van der Waals surface area contributed by atoms with Crippen LogP contribution in [0.25, 0.3) is 0 Å². The third-order valence-electron chi connectivity index (χ3n) is 2.65. The fourth-order valence-corrected chi connectivity index (χ4v) is 2.07. The van der Waals surface area contributed by atoms with E-state index in [9.17, 15) is 0 Å². The lowest BCUT2D eigenvalue weighted by Gasteiger charge is -2.19. The van der Waals surface area contributed by atoms with E-state index in [4.69, 9.17) is 17.0 Å². The largest absolute Gasteiger partial charge is 0.362 e. The number of rotatable bonds is 2. The van der Waals surface area contributed by atoms with Crippen molar-refractivity contribution < 1.29 is 0 Å². The molecule has 0 aromatic rings. The van der Waals surface area contributed by atoms with Gasteiger partial charge in [0.1, 0.15) is 5.16 Å². The second-order valence-electron chi connectivity index (χ2n) is 4.09. The van der Waals surface area contributed by atoms with Crippen LogP contribution in [0.3, 0.4) is 0 Å². The van der Waals surface area contributed by atoms with Crippen molar-refractivity contribution in [1.29, 1.82) is 5.41 Å². The Balaban J connectivity index is 2.34. The van der Waals surface area contributed by atoms with E-state index in [-0.39, 0.29) is 0 Å². The Morgan fingerprint density at radius 2 is 2.41 bits per heavy atom. The Kier molecular flexibility index (Phi) is 3.59. The molecule has 2 rings (SSSR count). The Bertz CT molecular complexity index is 481. The van der Waals surface area contributed by atoms with Crippen LogP contribution in [0.4, 0.5) is 0 Å². The Hall–Kier alpha value is -1.61. The van der Waals surface area contributed by atoms with E-state index >= 15 is 0 Å². The van der Waals surface area contributed by atoms with Gasteiger partial charge in [0.2, 0.25) is 0 Å². The molecule has 3 nitrogen and oxygen atoms in total. The van der Waals surface area contributed by atoms with Crippen molar-refractivity contribution >= 4 is 24.0 Å². The molecule has 0 saturated heterocycles. The fourth-order valence-electron chi connectivity index (χ4n) is 1.83. The van der Waals surface area contributed by atoms with Crippen molar-refractivity contribution in [3.05, 3.63) is 46.4 Å². The monoisotopic (exact) mass is 247 g/mol. The van der Waals surface area contributed by atoms with Crippen LogP contribution in [0.2, 0.25) is 0 Å². The molecule has 17 heavy (non-hydrogen) atoms. The van der Waals surface area contributed by atoms with Gasteiger partial charge in [0.15, 0.2) is 0 Å². The summed E-state index contributed by atoms with van der Waals surface area (Å²) in [5, 5.41) is 10.7. The number of allylic oxidation sites excluding steroid dienone is 5. The zero-order valence-electron chi connectivity index (χ0n) is 9.57. The number of halogens is 1. The standard InChI is InChI=1S/C13H14ClN3/c1-9-6-12(13(14)17-8-9)10-3-5-16-11(7-10)2-4-15/h2-5,7-9,15-16H,6H2,1H3/b11-2-,15-4?. The molecule has 0 radical (unpaired) electrons. The molecule has 0 fully saturated rings. The third-order valence-corrected chi connectivity index (χ3v) is 2.98. The zero-order valence-corrected chi connectivity index (χ0v) is 10.3. The topological polar surface area (TPSA) is 48.2 Å². The highest BCUT2D eigenvalue weighted by molar-refractivity contribution is 6.30. The molecule has 0 aromatic carbocycles. The second-order valence-corrected chi connectivity index (χ2v) is 4.45. The van der Waals surface area contributed by atoms with Gasteiger partial charge in [0.25, 0.3) is 0 Å². The average molecular weight is 248 g/mol. The van der Waals surface area contributed by atoms with Crippen LogP contribution in [0, 0.1) is 11.3 Å². The Morgan fingerprint density at radius 3 is 3.18 bits per heavy atom. The summed E-state index contributed by atoms with van der Waals surface area (Å²) in [6.07, 6.45) is 11.6. The van der Waals surface area contributed by atoms with Gasteiger partial charge in [0, 0.05) is 24.3 Å². The number of aliphatic imine (C=N–C) groups is 1. The molecule has 2 aliphatic rings. The van der Waals surface area contributed by atoms with E-state index in [2.05, 4.69) is 17.2 Å². The van der Waals surface area contributed by atoms with E-state index in [0.29, 0.717) is 11.1 Å². The summed E-state index contributed by atoms with van der Waals surface area (Å²) in [6, 6.07) is 0. The minimum absolute atomic E-state index is 0.409. The molecular weight excluding hydrogens is 234 g/mol. The maximum atomic E-state index is 7.06. The van der Waals surface area contributed by atoms with Gasteiger partial charge >= 0.3 is 0 Å². The summed E-state index contributed by atoms with van der Waals surface area (Å²) < 4.78 is 0. The van der Waals surface area contributed by atoms with Gasteiger partial charge in [-0.1, -0.05) is 18.5 Å². The van der Waals surface area contributed by atoms with Crippen molar-refractivity contribution in [2.75, 3.05) is 0 Å². The molecule has 0 aromatic heterocycles. The predicted molar refractivity (Wildman–Crippen MR) is 72.4 cm³/mol. The molecule has 0 amide bonds. The number of nitrogens with zero attached hydrogens (tertiary/aromatic N) is 1. The molecule has 1 atom stereocenters. The first-order valence-electron chi connectivity index (χ1n) is 5.49. The van der Waals surface area contributed by atoms with Gasteiger partial charge in [-0.05, 0) is 41.7 Å². The van der Waals surface area contributed by atoms with Crippen LogP contribution in [-0.2, 0) is 0 Å². The van der Waals surface area contributed by atoms with Crippen LogP contribution in [0.15, 0.2) is 51.4 Å². The molecule has 0 bridgehead atoms. The van der Waals surface area contributed by atoms with Crippen molar-refractivity contribution in [3.8, 4) is 0 Å². The van der Waals surface area contributed by atoms with Gasteiger partial charge in [0.05, 0.1) is 0 Å². The molecular formula is C13H14ClN3. The van der Waals surface area contributed by atoms with Crippen molar-refractivity contribution in [1.82, 2.24) is 5.32 Å². The Labute approximate surface area is 106 Å². The molecule has 0 aliphatic carbocycles. The SMILES string of the molecule is CC1C=NC(Cl)=C(C2=C/C(=C/C=N)NC=C2)C1. The Morgan fingerprint density at radius 1 is 1.59 bits per heavy atom. The second kappa shape index (κ2) is 5.15. The smallest absolute Gasteiger partial charge is 0.132 e. The van der Waals surface area contributed by atoms with Crippen LogP contribution >= 0.6 is 11.6 Å². The molecule has 2 aliphatic heterocycles. The highest BCUT2D eigenvalue weighted by atomic mass is 35.5. The molecule has 2 heterocycles. The van der Waals surface area contributed by atoms with E-state index in [1.807, 2.05) is 24.6 Å². The molecule has 4 heteroatoms. The number of dihydropyridines is 1. The van der Waals surface area contributed by atoms with Crippen molar-refractivity contribution in [3.63, 3.8) is 0 Å². The summed E-state index contributed by atoms with van der Waals surface area (Å²) in [5.41, 5.74) is 3.01. The predicted octanol–water partition coefficient (Wildman–Crippen LogP) is 3.12. The quantitative estimate of drug-likeness (QED) is 0.572. The minimum atomic E-state index is 0.409. The maximum absolute atomic E-state index is 7.06. The van der Waals surface area contributed by atoms with Crippen molar-refractivity contribution in [2.24, 2.45) is 10.9 Å². The van der Waals surface area contributed by atoms with Gasteiger partial charge in [-0.25, -0.2) is 4.99 Å². The highest BCUT2D eigenvalue weighted by Crippen LogP contribution is 2.31. The van der Waals surface area contributed by atoms with E-state index < -0.39 is 0 Å². The normalized spacial score (nSPS) is 25.9. The lowest BCUT2D eigenvalue weighted by Crippen LogP contribution is -2.11. The fraction of sp³-hybridized carbons (Fsp3) is 0.231. The lowest BCUT2D eigenvalue weighted by molar-refractivity contribution is 0.763. The molecule has 1 unspecified atom stereocenters. The number of hydrogen-bond acceptors (Lipinski definition) is 3. The van der Waals surface area contributed by atoms with E-state index in [0.717, 1.165) is 23.3 Å². The van der Waals surface area contributed by atoms with E-state index in [1.165, 1.54) is 6.21 Å². The van der Waals surface area contributed by atoms with E-state index in [1.54, 1.807) is 6.08 Å². The van der Waals surface area contributed by atoms with Crippen molar-refractivity contribution in [2.45, 2.75) is 13.3 Å². The summed E-state index contributed by atoms with van der Waals surface area (Å²) in [5.74, 6) is 0.409. The van der Waals surface area contributed by atoms with Crippen LogP contribution in [0.5, 0.6) is 0 Å². The number of nitrogens with one attached hydrogen (secondary N) is 2. The molecule has 0 saturated carbocycles. The van der Waals surface area contributed by atoms with Gasteiger partial charge in [-0.15, -0.1) is 0 Å². The van der Waals surface area contributed by atoms with Gasteiger partial charge < -0.3 is 10.7 Å². The minimum Gasteiger partial charge on any atom is -0.362 e. The zero-order chi connectivity index (χ0) is 12.3. The third kappa shape index (κ3) is 2.74. The summed E-state index contributed by atoms with van der Waals surface area (Å²) in [7, 11) is 0. The van der Waals surface area contributed by atoms with Crippen LogP contribution in [-0.4, -0.2) is 12.4 Å². The van der Waals surface area contributed by atoms with Gasteiger partial charge in [-0.2, -0.15) is 0 Å². The molecule has 2 N–H and O–H groups in total. The first kappa shape index (κ1) is 11.9. The lowest BCUT2D eigenvalue weighted by atomic mass is 9.93. The van der Waals surface area contributed by atoms with Crippen LogP contribution in [0.1, 0.15) is 13.3 Å². The van der Waals surface area contributed by atoms with Crippen LogP contribution < -0.4 is 5.32 Å². The maximum Gasteiger partial charge on any atom is 0.132 e. The molecule has 88 valence electrons. The van der Waals surface area contributed by atoms with Gasteiger partial charge in [-0.3, -0.25) is 0 Å². The molecule has 0 spiro atoms. The first-order valence-corrected chi connectivity index (χ1v) is 5.87. The summed E-state index contributed by atoms with van der Waals surface area (Å²) in [6.45, 7) is 2.12. The first-order chi connectivity index (χ1) is 8.20. The number of hydrogen-bond donors (Lipinski definition) is 2. The summed E-state index contributed by atoms with van der Waals surface area (Å²) in [4.78, 5) is 4.20. The summed E-state index contributed by atoms with van der Waals surface area (Å²) >= 11 is 6.13.